The van der Waals surface area contributed by atoms with Gasteiger partial charge in [-0.25, -0.2) is 5.01 Å². The molecule has 0 fully saturated rings. The van der Waals surface area contributed by atoms with Crippen LogP contribution in [0.25, 0.3) is 6.08 Å². The SMILES string of the molecule is Cc1ccccc1/C=C1\SC(N2N=C(c3ccccc3)CC2c2ccc(N(C)C)cc2)=NC1=O. The third kappa shape index (κ3) is 4.41. The number of amides is 1. The Morgan fingerprint density at radius 1 is 0.971 bits per heavy atom. The lowest BCUT2D eigenvalue weighted by molar-refractivity contribution is -0.113. The summed E-state index contributed by atoms with van der Waals surface area (Å²) in [5, 5.41) is 7.51. The fourth-order valence-corrected chi connectivity index (χ4v) is 5.04. The molecule has 0 N–H and O–H groups in total. The van der Waals surface area contributed by atoms with Gasteiger partial charge < -0.3 is 4.90 Å². The van der Waals surface area contributed by atoms with Gasteiger partial charge in [-0.1, -0.05) is 66.7 Å². The van der Waals surface area contributed by atoms with E-state index in [4.69, 9.17) is 5.10 Å². The Labute approximate surface area is 204 Å². The van der Waals surface area contributed by atoms with Gasteiger partial charge in [0.1, 0.15) is 0 Å². The molecule has 1 atom stereocenters. The summed E-state index contributed by atoms with van der Waals surface area (Å²) >= 11 is 1.40. The summed E-state index contributed by atoms with van der Waals surface area (Å²) in [5.41, 5.74) is 6.53. The van der Waals surface area contributed by atoms with E-state index in [1.807, 2.05) is 74.6 Å². The van der Waals surface area contributed by atoms with Crippen LogP contribution < -0.4 is 4.90 Å². The molecule has 1 unspecified atom stereocenters. The maximum absolute atomic E-state index is 12.8. The number of carbonyl (C=O) groups is 1. The van der Waals surface area contributed by atoms with Crippen LogP contribution >= 0.6 is 11.8 Å². The number of benzene rings is 3. The smallest absolute Gasteiger partial charge is 0.286 e. The monoisotopic (exact) mass is 466 g/mol. The molecule has 2 aliphatic heterocycles. The first-order valence-electron chi connectivity index (χ1n) is 11.3. The molecule has 1 amide bonds. The third-order valence-corrected chi connectivity index (χ3v) is 7.07. The number of hydrogen-bond acceptors (Lipinski definition) is 5. The summed E-state index contributed by atoms with van der Waals surface area (Å²) in [6, 6.07) is 26.7. The summed E-state index contributed by atoms with van der Waals surface area (Å²) in [5.74, 6) is -0.215. The molecule has 0 aliphatic carbocycles. The topological polar surface area (TPSA) is 48.3 Å². The first-order valence-corrected chi connectivity index (χ1v) is 12.1. The Hall–Kier alpha value is -3.64. The summed E-state index contributed by atoms with van der Waals surface area (Å²) in [7, 11) is 4.07. The van der Waals surface area contributed by atoms with Crippen LogP contribution in [-0.4, -0.2) is 35.9 Å². The molecule has 0 radical (unpaired) electrons. The summed E-state index contributed by atoms with van der Waals surface area (Å²) < 4.78 is 0. The van der Waals surface area contributed by atoms with Crippen molar-refractivity contribution in [3.63, 3.8) is 0 Å². The Bertz CT molecular complexity index is 1310. The van der Waals surface area contributed by atoms with Crippen LogP contribution in [0.5, 0.6) is 0 Å². The maximum atomic E-state index is 12.8. The Morgan fingerprint density at radius 3 is 2.38 bits per heavy atom. The van der Waals surface area contributed by atoms with Crippen LogP contribution in [0.1, 0.15) is 34.7 Å². The van der Waals surface area contributed by atoms with E-state index in [1.54, 1.807) is 0 Å². The van der Waals surface area contributed by atoms with Crippen LogP contribution in [0, 0.1) is 6.92 Å². The number of rotatable bonds is 4. The molecule has 34 heavy (non-hydrogen) atoms. The highest BCUT2D eigenvalue weighted by atomic mass is 32.2. The second-order valence-electron chi connectivity index (χ2n) is 8.63. The molecule has 0 saturated heterocycles. The normalized spacial score (nSPS) is 18.9. The minimum absolute atomic E-state index is 0.0247. The largest absolute Gasteiger partial charge is 0.378 e. The van der Waals surface area contributed by atoms with Gasteiger partial charge in [0.05, 0.1) is 16.7 Å². The molecule has 0 spiro atoms. The lowest BCUT2D eigenvalue weighted by Crippen LogP contribution is -2.23. The van der Waals surface area contributed by atoms with E-state index in [0.29, 0.717) is 10.1 Å². The molecule has 0 bridgehead atoms. The van der Waals surface area contributed by atoms with Gasteiger partial charge in [-0.05, 0) is 59.1 Å². The molecule has 0 aromatic heterocycles. The number of amidine groups is 1. The number of nitrogens with zero attached hydrogens (tertiary/aromatic N) is 4. The Balaban J connectivity index is 1.48. The van der Waals surface area contributed by atoms with Crippen molar-refractivity contribution in [1.29, 1.82) is 0 Å². The first kappa shape index (κ1) is 22.2. The Morgan fingerprint density at radius 2 is 1.68 bits per heavy atom. The fourth-order valence-electron chi connectivity index (χ4n) is 4.13. The molecule has 2 aliphatic rings. The van der Waals surface area contributed by atoms with Crippen LogP contribution in [0.15, 0.2) is 93.9 Å². The number of aryl methyl sites for hydroxylation is 1. The van der Waals surface area contributed by atoms with E-state index < -0.39 is 0 Å². The highest BCUT2D eigenvalue weighted by molar-refractivity contribution is 8.18. The molecule has 6 heteroatoms. The van der Waals surface area contributed by atoms with Gasteiger partial charge in [0.15, 0.2) is 5.17 Å². The number of hydrogen-bond donors (Lipinski definition) is 0. The van der Waals surface area contributed by atoms with Crippen molar-refractivity contribution in [3.8, 4) is 0 Å². The zero-order chi connectivity index (χ0) is 23.7. The summed E-state index contributed by atoms with van der Waals surface area (Å²) in [4.78, 5) is 19.9. The van der Waals surface area contributed by atoms with Crippen molar-refractivity contribution in [2.24, 2.45) is 10.1 Å². The molecule has 170 valence electrons. The lowest BCUT2D eigenvalue weighted by Gasteiger charge is -2.23. The second kappa shape index (κ2) is 9.31. The lowest BCUT2D eigenvalue weighted by atomic mass is 9.98. The zero-order valence-electron chi connectivity index (χ0n) is 19.5. The van der Waals surface area contributed by atoms with Crippen LogP contribution in [0.2, 0.25) is 0 Å². The van der Waals surface area contributed by atoms with Gasteiger partial charge in [0, 0.05) is 26.2 Å². The number of anilines is 1. The molecular formula is C28H26N4OS. The Kier molecular flexibility index (Phi) is 6.07. The van der Waals surface area contributed by atoms with Crippen molar-refractivity contribution in [1.82, 2.24) is 5.01 Å². The predicted octanol–water partition coefficient (Wildman–Crippen LogP) is 5.88. The van der Waals surface area contributed by atoms with Crippen LogP contribution in [-0.2, 0) is 4.79 Å². The fraction of sp³-hybridized carbons (Fsp3) is 0.179. The van der Waals surface area contributed by atoms with Gasteiger partial charge in [-0.15, -0.1) is 0 Å². The molecule has 5 rings (SSSR count). The van der Waals surface area contributed by atoms with E-state index in [9.17, 15) is 4.79 Å². The van der Waals surface area contributed by atoms with Crippen molar-refractivity contribution < 1.29 is 4.79 Å². The predicted molar refractivity (Wildman–Crippen MR) is 142 cm³/mol. The average molecular weight is 467 g/mol. The number of aliphatic imine (C=N–C) groups is 1. The molecule has 3 aromatic carbocycles. The van der Waals surface area contributed by atoms with Crippen molar-refractivity contribution in [2.75, 3.05) is 19.0 Å². The van der Waals surface area contributed by atoms with E-state index in [0.717, 1.165) is 40.1 Å². The van der Waals surface area contributed by atoms with E-state index in [2.05, 4.69) is 46.3 Å². The molecular weight excluding hydrogens is 440 g/mol. The van der Waals surface area contributed by atoms with Gasteiger partial charge in [0.2, 0.25) is 0 Å². The standard InChI is InChI=1S/C28H26N4OS/c1-19-9-7-8-12-22(19)17-26-27(33)29-28(34-26)32-25(21-13-15-23(16-14-21)31(2)3)18-24(30-32)20-10-5-4-6-11-20/h4-17,25H,18H2,1-3H3/b26-17-. The highest BCUT2D eigenvalue weighted by Gasteiger charge is 2.36. The number of hydrazone groups is 1. The second-order valence-corrected chi connectivity index (χ2v) is 9.64. The van der Waals surface area contributed by atoms with Crippen molar-refractivity contribution in [3.05, 3.63) is 106 Å². The number of thioether (sulfide) groups is 1. The molecule has 5 nitrogen and oxygen atoms in total. The van der Waals surface area contributed by atoms with Gasteiger partial charge in [-0.2, -0.15) is 10.1 Å². The molecule has 2 heterocycles. The van der Waals surface area contributed by atoms with E-state index >= 15 is 0 Å². The zero-order valence-corrected chi connectivity index (χ0v) is 20.3. The van der Waals surface area contributed by atoms with Crippen LogP contribution in [0.4, 0.5) is 5.69 Å². The van der Waals surface area contributed by atoms with Crippen molar-refractivity contribution >= 4 is 40.3 Å². The minimum Gasteiger partial charge on any atom is -0.378 e. The quantitative estimate of drug-likeness (QED) is 0.450. The third-order valence-electron chi connectivity index (χ3n) is 6.09. The maximum Gasteiger partial charge on any atom is 0.286 e. The minimum atomic E-state index is -0.215. The van der Waals surface area contributed by atoms with Crippen molar-refractivity contribution in [2.45, 2.75) is 19.4 Å². The van der Waals surface area contributed by atoms with E-state index in [-0.39, 0.29) is 11.9 Å². The molecule has 0 saturated carbocycles. The first-order chi connectivity index (χ1) is 16.5. The average Bonchev–Trinajstić information content (AvgIpc) is 3.45. The summed E-state index contributed by atoms with van der Waals surface area (Å²) in [6.45, 7) is 2.04. The van der Waals surface area contributed by atoms with E-state index in [1.165, 1.54) is 11.8 Å². The molecule has 3 aromatic rings. The van der Waals surface area contributed by atoms with Gasteiger partial charge >= 0.3 is 0 Å². The van der Waals surface area contributed by atoms with Gasteiger partial charge in [0.25, 0.3) is 5.91 Å². The highest BCUT2D eigenvalue weighted by Crippen LogP contribution is 2.40. The van der Waals surface area contributed by atoms with Crippen LogP contribution in [0.3, 0.4) is 0 Å². The number of carbonyl (C=O) groups excluding carboxylic acids is 1. The summed E-state index contributed by atoms with van der Waals surface area (Å²) in [6.07, 6.45) is 2.67. The van der Waals surface area contributed by atoms with Gasteiger partial charge in [-0.3, -0.25) is 4.79 Å².